The molecule has 25 heavy (non-hydrogen) atoms. The predicted molar refractivity (Wildman–Crippen MR) is 102 cm³/mol. The highest BCUT2D eigenvalue weighted by Gasteiger charge is 2.38. The molecule has 0 bridgehead atoms. The average molecular weight is 409 g/mol. The van der Waals surface area contributed by atoms with Crippen molar-refractivity contribution >= 4 is 40.7 Å². The van der Waals surface area contributed by atoms with Crippen LogP contribution in [0.1, 0.15) is 49.5 Å². The van der Waals surface area contributed by atoms with Crippen LogP contribution in [0, 0.1) is 0 Å². The number of rotatable bonds is 5. The van der Waals surface area contributed by atoms with E-state index in [1.807, 2.05) is 17.4 Å². The highest BCUT2D eigenvalue weighted by atomic mass is 35.6. The number of carbonyl (C=O) groups is 1. The van der Waals surface area contributed by atoms with Gasteiger partial charge < -0.3 is 10.1 Å². The van der Waals surface area contributed by atoms with E-state index in [1.54, 1.807) is 12.1 Å². The average Bonchev–Trinajstić information content (AvgIpc) is 3.02. The van der Waals surface area contributed by atoms with Crippen LogP contribution in [0.25, 0.3) is 0 Å². The molecular weight excluding hydrogens is 383 g/mol. The van der Waals surface area contributed by atoms with E-state index in [1.165, 1.54) is 0 Å². The van der Waals surface area contributed by atoms with Gasteiger partial charge in [0.25, 0.3) is 9.70 Å². The van der Waals surface area contributed by atoms with Gasteiger partial charge in [-0.25, -0.2) is 0 Å². The van der Waals surface area contributed by atoms with Crippen LogP contribution in [0.5, 0.6) is 0 Å². The van der Waals surface area contributed by atoms with Crippen LogP contribution in [0.15, 0.2) is 24.3 Å². The number of hydrogen-bond acceptors (Lipinski definition) is 2. The van der Waals surface area contributed by atoms with Crippen molar-refractivity contribution in [2.45, 2.75) is 55.1 Å². The zero-order valence-corrected chi connectivity index (χ0v) is 17.1. The van der Waals surface area contributed by atoms with E-state index in [9.17, 15) is 4.79 Å². The Hall–Kier alpha value is -0.520. The minimum atomic E-state index is -1.61. The Morgan fingerprint density at radius 1 is 1.28 bits per heavy atom. The van der Waals surface area contributed by atoms with Crippen molar-refractivity contribution in [1.82, 2.24) is 5.32 Å². The number of benzene rings is 1. The molecule has 3 N–H and O–H groups in total. The third-order valence-electron chi connectivity index (χ3n) is 4.31. The van der Waals surface area contributed by atoms with Crippen LogP contribution in [-0.4, -0.2) is 35.1 Å². The van der Waals surface area contributed by atoms with E-state index in [4.69, 9.17) is 39.5 Å². The minimum Gasteiger partial charge on any atom is -0.372 e. The largest absolute Gasteiger partial charge is 0.372 e. The molecule has 2 atom stereocenters. The number of nitrogens with two attached hydrogens (primary N) is 1. The summed E-state index contributed by atoms with van der Waals surface area (Å²) in [4.78, 5) is 12.5. The van der Waals surface area contributed by atoms with Gasteiger partial charge in [0, 0.05) is 12.2 Å². The van der Waals surface area contributed by atoms with Crippen LogP contribution >= 0.6 is 34.8 Å². The maximum absolute atomic E-state index is 12.5. The first-order valence-electron chi connectivity index (χ1n) is 8.50. The zero-order chi connectivity index (χ0) is 18.7. The zero-order valence-electron chi connectivity index (χ0n) is 14.8. The van der Waals surface area contributed by atoms with Gasteiger partial charge in [-0.3, -0.25) is 10.1 Å². The Labute approximate surface area is 164 Å². The standard InChI is InChI=1S/C18H25Cl3N2O2/c1-17(2,3)13-8-6-12(7-9-13)15(24)23-16(18(19,20)21)22-11-14-5-4-10-25-14/h6-9,14,16,22H,4-5,10-11H2,1-3H3,(H,23,24)/p+1. The fourth-order valence-corrected chi connectivity index (χ4v) is 3.17. The number of quaternary nitrogens is 1. The van der Waals surface area contributed by atoms with Gasteiger partial charge in [0.2, 0.25) is 6.17 Å². The molecule has 1 amide bonds. The summed E-state index contributed by atoms with van der Waals surface area (Å²) in [6.07, 6.45) is 1.49. The van der Waals surface area contributed by atoms with Crippen LogP contribution in [0.2, 0.25) is 0 Å². The van der Waals surface area contributed by atoms with E-state index < -0.39 is 9.96 Å². The van der Waals surface area contributed by atoms with Gasteiger partial charge >= 0.3 is 0 Å². The topological polar surface area (TPSA) is 54.9 Å². The number of ether oxygens (including phenoxy) is 1. The van der Waals surface area contributed by atoms with Crippen molar-refractivity contribution < 1.29 is 14.8 Å². The number of nitrogens with one attached hydrogen (secondary N) is 1. The Morgan fingerprint density at radius 3 is 2.40 bits per heavy atom. The minimum absolute atomic E-state index is 0.0319. The van der Waals surface area contributed by atoms with Crippen LogP contribution in [-0.2, 0) is 10.2 Å². The molecule has 2 rings (SSSR count). The molecule has 0 spiro atoms. The first kappa shape index (κ1) is 20.8. The van der Waals surface area contributed by atoms with Crippen molar-refractivity contribution in [3.63, 3.8) is 0 Å². The van der Waals surface area contributed by atoms with Crippen LogP contribution < -0.4 is 10.6 Å². The summed E-state index contributed by atoms with van der Waals surface area (Å²) in [6, 6.07) is 7.50. The molecule has 2 unspecified atom stereocenters. The lowest BCUT2D eigenvalue weighted by atomic mass is 9.87. The van der Waals surface area contributed by atoms with Gasteiger partial charge in [-0.1, -0.05) is 67.7 Å². The molecule has 140 valence electrons. The molecule has 0 aliphatic carbocycles. The Kier molecular flexibility index (Phi) is 7.02. The van der Waals surface area contributed by atoms with Gasteiger partial charge in [-0.2, -0.15) is 0 Å². The summed E-state index contributed by atoms with van der Waals surface area (Å²) in [5.74, 6) is -0.264. The molecule has 1 aromatic carbocycles. The molecule has 7 heteroatoms. The summed E-state index contributed by atoms with van der Waals surface area (Å²) < 4.78 is 3.97. The maximum atomic E-state index is 12.5. The summed E-state index contributed by atoms with van der Waals surface area (Å²) in [5, 5.41) is 4.63. The SMILES string of the molecule is CC(C)(C)c1ccc(C(=O)NC([NH2+]CC2CCCO2)C(Cl)(Cl)Cl)cc1. The first-order valence-corrected chi connectivity index (χ1v) is 9.64. The molecule has 1 fully saturated rings. The van der Waals surface area contributed by atoms with Gasteiger partial charge in [-0.15, -0.1) is 0 Å². The van der Waals surface area contributed by atoms with E-state index >= 15 is 0 Å². The smallest absolute Gasteiger partial charge is 0.262 e. The lowest BCUT2D eigenvalue weighted by Crippen LogP contribution is -2.97. The van der Waals surface area contributed by atoms with E-state index in [-0.39, 0.29) is 17.4 Å². The fraction of sp³-hybridized carbons (Fsp3) is 0.611. The molecule has 1 heterocycles. The number of amides is 1. The lowest BCUT2D eigenvalue weighted by molar-refractivity contribution is -0.697. The second kappa shape index (κ2) is 8.45. The van der Waals surface area contributed by atoms with Gasteiger partial charge in [0.15, 0.2) is 0 Å². The number of halogens is 3. The lowest BCUT2D eigenvalue weighted by Gasteiger charge is -2.24. The van der Waals surface area contributed by atoms with Crippen molar-refractivity contribution in [2.75, 3.05) is 13.2 Å². The normalized spacial score (nSPS) is 19.7. The highest BCUT2D eigenvalue weighted by Crippen LogP contribution is 2.28. The van der Waals surface area contributed by atoms with Crippen LogP contribution in [0.3, 0.4) is 0 Å². The van der Waals surface area contributed by atoms with Gasteiger partial charge in [-0.05, 0) is 36.0 Å². The molecule has 1 aliphatic rings. The van der Waals surface area contributed by atoms with Crippen molar-refractivity contribution in [3.05, 3.63) is 35.4 Å². The molecule has 4 nitrogen and oxygen atoms in total. The first-order chi connectivity index (χ1) is 11.6. The van der Waals surface area contributed by atoms with Crippen molar-refractivity contribution in [3.8, 4) is 0 Å². The van der Waals surface area contributed by atoms with Gasteiger partial charge in [0.05, 0.1) is 0 Å². The highest BCUT2D eigenvalue weighted by molar-refractivity contribution is 6.68. The molecule has 1 aromatic rings. The fourth-order valence-electron chi connectivity index (χ4n) is 2.74. The summed E-state index contributed by atoms with van der Waals surface area (Å²) in [5.41, 5.74) is 1.73. The predicted octanol–water partition coefficient (Wildman–Crippen LogP) is 3.15. The quantitative estimate of drug-likeness (QED) is 0.581. The third-order valence-corrected chi connectivity index (χ3v) is 5.02. The Balaban J connectivity index is 2.00. The molecule has 0 radical (unpaired) electrons. The number of hydrogen-bond donors (Lipinski definition) is 2. The Bertz CT molecular complexity index is 573. The molecular formula is C18H26Cl3N2O2+. The summed E-state index contributed by atoms with van der Waals surface area (Å²) >= 11 is 18.1. The number of carbonyl (C=O) groups excluding carboxylic acids is 1. The Morgan fingerprint density at radius 2 is 1.92 bits per heavy atom. The summed E-state index contributed by atoms with van der Waals surface area (Å²) in [6.45, 7) is 7.79. The third kappa shape index (κ3) is 6.30. The van der Waals surface area contributed by atoms with E-state index in [2.05, 4.69) is 26.1 Å². The van der Waals surface area contributed by atoms with Gasteiger partial charge in [0.1, 0.15) is 12.6 Å². The molecule has 0 aromatic heterocycles. The van der Waals surface area contributed by atoms with Crippen molar-refractivity contribution in [1.29, 1.82) is 0 Å². The summed E-state index contributed by atoms with van der Waals surface area (Å²) in [7, 11) is 0. The van der Waals surface area contributed by atoms with E-state index in [0.717, 1.165) is 25.0 Å². The van der Waals surface area contributed by atoms with Crippen LogP contribution in [0.4, 0.5) is 0 Å². The maximum Gasteiger partial charge on any atom is 0.262 e. The number of alkyl halides is 3. The molecule has 1 aliphatic heterocycles. The monoisotopic (exact) mass is 407 g/mol. The second-order valence-electron chi connectivity index (χ2n) is 7.43. The van der Waals surface area contributed by atoms with Crippen molar-refractivity contribution in [2.24, 2.45) is 0 Å². The molecule has 0 saturated carbocycles. The second-order valence-corrected chi connectivity index (χ2v) is 9.80. The molecule has 1 saturated heterocycles. The van der Waals surface area contributed by atoms with E-state index in [0.29, 0.717) is 12.1 Å².